The zero-order chi connectivity index (χ0) is 13.7. The van der Waals surface area contributed by atoms with Crippen LogP contribution in [0.3, 0.4) is 0 Å². The number of hydrogen-bond donors (Lipinski definition) is 3. The molecule has 0 saturated carbocycles. The first-order chi connectivity index (χ1) is 8.51. The number of nitrogens with zero attached hydrogens (tertiary/aromatic N) is 1. The second-order valence-corrected chi connectivity index (χ2v) is 4.55. The summed E-state index contributed by atoms with van der Waals surface area (Å²) in [5.41, 5.74) is 0. The highest BCUT2D eigenvalue weighted by Gasteiger charge is 2.34. The van der Waals surface area contributed by atoms with Gasteiger partial charge in [-0.3, -0.25) is 9.59 Å². The Kier molecular flexibility index (Phi) is 5.46. The van der Waals surface area contributed by atoms with E-state index >= 15 is 0 Å². The summed E-state index contributed by atoms with van der Waals surface area (Å²) in [7, 11) is 0. The van der Waals surface area contributed by atoms with E-state index in [0.29, 0.717) is 19.4 Å². The summed E-state index contributed by atoms with van der Waals surface area (Å²) in [6.07, 6.45) is 1.69. The van der Waals surface area contributed by atoms with Gasteiger partial charge >= 0.3 is 5.97 Å². The lowest BCUT2D eigenvalue weighted by Gasteiger charge is -2.24. The molecule has 18 heavy (non-hydrogen) atoms. The Morgan fingerprint density at radius 3 is 2.67 bits per heavy atom. The minimum absolute atomic E-state index is 0.0233. The molecule has 1 heterocycles. The van der Waals surface area contributed by atoms with Gasteiger partial charge in [-0.05, 0) is 12.8 Å². The molecule has 0 aliphatic carbocycles. The van der Waals surface area contributed by atoms with Gasteiger partial charge in [-0.2, -0.15) is 12.6 Å². The summed E-state index contributed by atoms with van der Waals surface area (Å²) in [6.45, 7) is 2.30. The van der Waals surface area contributed by atoms with E-state index in [1.807, 2.05) is 0 Å². The molecule has 0 spiro atoms. The molecule has 1 fully saturated rings. The van der Waals surface area contributed by atoms with E-state index in [4.69, 9.17) is 5.11 Å². The van der Waals surface area contributed by atoms with Crippen LogP contribution in [0.25, 0.3) is 0 Å². The Hall–Kier alpha value is -1.24. The first-order valence-electron chi connectivity index (χ1n) is 5.94. The summed E-state index contributed by atoms with van der Waals surface area (Å²) in [4.78, 5) is 35.9. The number of nitrogens with one attached hydrogen (secondary N) is 1. The lowest BCUT2D eigenvalue weighted by Crippen LogP contribution is -2.51. The minimum atomic E-state index is -1.12. The Labute approximate surface area is 111 Å². The molecule has 1 saturated heterocycles. The molecule has 0 bridgehead atoms. The van der Waals surface area contributed by atoms with E-state index in [0.717, 1.165) is 6.42 Å². The third-order valence-electron chi connectivity index (χ3n) is 2.98. The third-order valence-corrected chi connectivity index (χ3v) is 3.34. The van der Waals surface area contributed by atoms with Gasteiger partial charge in [0.2, 0.25) is 11.8 Å². The third kappa shape index (κ3) is 3.38. The molecule has 0 unspecified atom stereocenters. The largest absolute Gasteiger partial charge is 0.480 e. The van der Waals surface area contributed by atoms with Crippen molar-refractivity contribution in [2.24, 2.45) is 0 Å². The molecule has 1 rings (SSSR count). The Balaban J connectivity index is 2.65. The van der Waals surface area contributed by atoms with Crippen molar-refractivity contribution < 1.29 is 19.5 Å². The van der Waals surface area contributed by atoms with Crippen molar-refractivity contribution in [3.63, 3.8) is 0 Å². The van der Waals surface area contributed by atoms with Crippen LogP contribution in [-0.4, -0.2) is 52.2 Å². The summed E-state index contributed by atoms with van der Waals surface area (Å²) in [6, 6.07) is -1.56. The maximum Gasteiger partial charge on any atom is 0.327 e. The van der Waals surface area contributed by atoms with E-state index in [1.54, 1.807) is 6.92 Å². The van der Waals surface area contributed by atoms with Gasteiger partial charge < -0.3 is 15.3 Å². The summed E-state index contributed by atoms with van der Waals surface area (Å²) >= 11 is 3.88. The van der Waals surface area contributed by atoms with Gasteiger partial charge in [-0.25, -0.2) is 4.79 Å². The highest BCUT2D eigenvalue weighted by molar-refractivity contribution is 7.80. The standard InChI is InChI=1S/C11H18N2O4S/c1-2-9(14)13-5-3-4-8(13)10(15)12-7(6-18)11(16)17/h7-8,18H,2-6H2,1H3,(H,12,15)(H,16,17)/t7-,8-/m0/s1. The summed E-state index contributed by atoms with van der Waals surface area (Å²) in [5.74, 6) is -1.58. The second kappa shape index (κ2) is 6.63. The maximum absolute atomic E-state index is 11.9. The van der Waals surface area contributed by atoms with Gasteiger partial charge in [0.05, 0.1) is 0 Å². The van der Waals surface area contributed by atoms with Crippen LogP contribution in [0.5, 0.6) is 0 Å². The maximum atomic E-state index is 11.9. The number of amides is 2. The Morgan fingerprint density at radius 2 is 2.17 bits per heavy atom. The molecular formula is C11H18N2O4S. The van der Waals surface area contributed by atoms with Crippen molar-refractivity contribution in [2.45, 2.75) is 38.3 Å². The normalized spacial score (nSPS) is 20.6. The van der Waals surface area contributed by atoms with Crippen LogP contribution in [0.4, 0.5) is 0 Å². The molecule has 2 atom stereocenters. The number of rotatable bonds is 5. The smallest absolute Gasteiger partial charge is 0.327 e. The van der Waals surface area contributed by atoms with Gasteiger partial charge in [0, 0.05) is 18.7 Å². The van der Waals surface area contributed by atoms with Crippen LogP contribution in [0, 0.1) is 0 Å². The monoisotopic (exact) mass is 274 g/mol. The molecule has 0 aromatic heterocycles. The molecule has 7 heteroatoms. The first-order valence-corrected chi connectivity index (χ1v) is 6.58. The summed E-state index contributed by atoms with van der Waals surface area (Å²) in [5, 5.41) is 11.3. The molecule has 102 valence electrons. The minimum Gasteiger partial charge on any atom is -0.480 e. The van der Waals surface area contributed by atoms with E-state index < -0.39 is 24.0 Å². The number of carbonyl (C=O) groups excluding carboxylic acids is 2. The van der Waals surface area contributed by atoms with Crippen molar-refractivity contribution in [2.75, 3.05) is 12.3 Å². The van der Waals surface area contributed by atoms with E-state index in [9.17, 15) is 14.4 Å². The predicted octanol–water partition coefficient (Wildman–Crippen LogP) is -0.113. The van der Waals surface area contributed by atoms with Crippen LogP contribution in [0.15, 0.2) is 0 Å². The SMILES string of the molecule is CCC(=O)N1CCC[C@H]1C(=O)N[C@@H](CS)C(=O)O. The van der Waals surface area contributed by atoms with Crippen molar-refractivity contribution in [1.29, 1.82) is 0 Å². The number of hydrogen-bond acceptors (Lipinski definition) is 4. The van der Waals surface area contributed by atoms with Gasteiger partial charge in [0.25, 0.3) is 0 Å². The van der Waals surface area contributed by atoms with Gasteiger partial charge in [-0.15, -0.1) is 0 Å². The predicted molar refractivity (Wildman–Crippen MR) is 68.4 cm³/mol. The first kappa shape index (κ1) is 14.8. The van der Waals surface area contributed by atoms with Crippen LogP contribution < -0.4 is 5.32 Å². The van der Waals surface area contributed by atoms with Crippen LogP contribution in [0.2, 0.25) is 0 Å². The zero-order valence-corrected chi connectivity index (χ0v) is 11.2. The second-order valence-electron chi connectivity index (χ2n) is 4.18. The molecule has 1 aliphatic rings. The fourth-order valence-corrected chi connectivity index (χ4v) is 2.24. The average molecular weight is 274 g/mol. The Bertz CT molecular complexity index is 348. The lowest BCUT2D eigenvalue weighted by atomic mass is 10.2. The molecule has 2 N–H and O–H groups in total. The molecule has 6 nitrogen and oxygen atoms in total. The van der Waals surface area contributed by atoms with Crippen LogP contribution >= 0.6 is 12.6 Å². The number of carboxylic acids is 1. The average Bonchev–Trinajstić information content (AvgIpc) is 2.83. The van der Waals surface area contributed by atoms with Crippen LogP contribution in [0.1, 0.15) is 26.2 Å². The molecule has 0 aromatic rings. The van der Waals surface area contributed by atoms with Gasteiger partial charge in [-0.1, -0.05) is 6.92 Å². The molecule has 0 aromatic carbocycles. The summed E-state index contributed by atoms with van der Waals surface area (Å²) < 4.78 is 0. The topological polar surface area (TPSA) is 86.7 Å². The number of carboxylic acid groups (broad SMARTS) is 1. The van der Waals surface area contributed by atoms with Crippen LogP contribution in [-0.2, 0) is 14.4 Å². The number of likely N-dealkylation sites (tertiary alicyclic amines) is 1. The zero-order valence-electron chi connectivity index (χ0n) is 10.3. The molecule has 2 amide bonds. The van der Waals surface area contributed by atoms with E-state index in [2.05, 4.69) is 17.9 Å². The Morgan fingerprint density at radius 1 is 1.50 bits per heavy atom. The fourth-order valence-electron chi connectivity index (χ4n) is 1.99. The van der Waals surface area contributed by atoms with Gasteiger partial charge in [0.1, 0.15) is 12.1 Å². The van der Waals surface area contributed by atoms with Gasteiger partial charge in [0.15, 0.2) is 0 Å². The highest BCUT2D eigenvalue weighted by atomic mass is 32.1. The number of thiol groups is 1. The molecule has 0 radical (unpaired) electrons. The van der Waals surface area contributed by atoms with E-state index in [1.165, 1.54) is 4.90 Å². The number of aliphatic carboxylic acids is 1. The van der Waals surface area contributed by atoms with Crippen molar-refractivity contribution in [3.05, 3.63) is 0 Å². The van der Waals surface area contributed by atoms with Crippen molar-refractivity contribution in [1.82, 2.24) is 10.2 Å². The van der Waals surface area contributed by atoms with Crippen molar-refractivity contribution >= 4 is 30.4 Å². The lowest BCUT2D eigenvalue weighted by molar-refractivity contribution is -0.143. The quantitative estimate of drug-likeness (QED) is 0.610. The highest BCUT2D eigenvalue weighted by Crippen LogP contribution is 2.18. The van der Waals surface area contributed by atoms with Crippen molar-refractivity contribution in [3.8, 4) is 0 Å². The van der Waals surface area contributed by atoms with E-state index in [-0.39, 0.29) is 11.7 Å². The molecular weight excluding hydrogens is 256 g/mol. The fraction of sp³-hybridized carbons (Fsp3) is 0.727. The molecule has 1 aliphatic heterocycles. The number of carbonyl (C=O) groups is 3.